The number of nitrogens with zero attached hydrogens (tertiary/aromatic N) is 3. The molecule has 2 N–H and O–H groups in total. The highest BCUT2D eigenvalue weighted by molar-refractivity contribution is 5.76. The number of nitrogens with one attached hydrogen (secondary N) is 1. The fraction of sp³-hybridized carbons (Fsp3) is 0.500. The van der Waals surface area contributed by atoms with Crippen LogP contribution in [0.25, 0.3) is 0 Å². The van der Waals surface area contributed by atoms with E-state index in [0.29, 0.717) is 25.2 Å². The summed E-state index contributed by atoms with van der Waals surface area (Å²) in [5.74, 6) is 1.04. The number of fused-ring (bicyclic) bond motifs is 2. The molecule has 2 aromatic rings. The Balaban J connectivity index is 1.13. The van der Waals surface area contributed by atoms with E-state index in [1.807, 2.05) is 11.9 Å². The maximum absolute atomic E-state index is 12.9. The van der Waals surface area contributed by atoms with E-state index in [4.69, 9.17) is 10.1 Å². The second-order valence-electron chi connectivity index (χ2n) is 10.8. The third-order valence-corrected chi connectivity index (χ3v) is 8.09. The Kier molecular flexibility index (Phi) is 7.77. The number of pyridine rings is 1. The minimum atomic E-state index is -0.750. The highest BCUT2D eigenvalue weighted by atomic mass is 16.4. The van der Waals surface area contributed by atoms with Gasteiger partial charge in [-0.3, -0.25) is 9.59 Å². The average Bonchev–Trinajstić information content (AvgIpc) is 2.91. The molecule has 0 atom stereocenters. The van der Waals surface area contributed by atoms with Crippen LogP contribution in [0.4, 0.5) is 11.5 Å². The number of rotatable bonds is 8. The topological polar surface area (TPSA) is 85.8 Å². The number of aromatic nitrogens is 1. The van der Waals surface area contributed by atoms with Crippen LogP contribution in [0.15, 0.2) is 42.1 Å². The smallest absolute Gasteiger partial charge is 0.303 e. The van der Waals surface area contributed by atoms with E-state index < -0.39 is 5.97 Å². The highest BCUT2D eigenvalue weighted by Gasteiger charge is 2.25. The van der Waals surface area contributed by atoms with E-state index in [1.54, 1.807) is 0 Å². The van der Waals surface area contributed by atoms with Crippen molar-refractivity contribution in [2.24, 2.45) is 5.92 Å². The summed E-state index contributed by atoms with van der Waals surface area (Å²) in [4.78, 5) is 32.9. The molecule has 0 unspecified atom stereocenters. The number of amides is 1. The maximum atomic E-state index is 12.9. The van der Waals surface area contributed by atoms with Crippen LogP contribution in [0.3, 0.4) is 0 Å². The lowest BCUT2D eigenvalue weighted by molar-refractivity contribution is -0.137. The molecule has 3 aliphatic rings. The second kappa shape index (κ2) is 11.4. The SMILES string of the molecule is CN1C=C(CCC(=O)O)Cc2c(CC3CCN(C(=O)CCc4ccc5c(n4)NCCC5)CC3)cccc21. The third kappa shape index (κ3) is 6.14. The molecule has 0 spiro atoms. The van der Waals surface area contributed by atoms with Gasteiger partial charge in [-0.1, -0.05) is 18.2 Å². The normalized spacial score (nSPS) is 17.5. The zero-order valence-electron chi connectivity index (χ0n) is 21.8. The van der Waals surface area contributed by atoms with Crippen molar-refractivity contribution in [1.29, 1.82) is 0 Å². The molecule has 0 radical (unpaired) electrons. The van der Waals surface area contributed by atoms with E-state index in [0.717, 1.165) is 69.7 Å². The molecule has 7 nitrogen and oxygen atoms in total. The number of anilines is 2. The zero-order chi connectivity index (χ0) is 25.8. The Morgan fingerprint density at radius 3 is 2.76 bits per heavy atom. The summed E-state index contributed by atoms with van der Waals surface area (Å²) in [5.41, 5.74) is 7.36. The number of carbonyl (C=O) groups excluding carboxylic acids is 1. The van der Waals surface area contributed by atoms with E-state index in [9.17, 15) is 9.59 Å². The molecule has 4 heterocycles. The Labute approximate surface area is 219 Å². The molecular formula is C30H38N4O3. The van der Waals surface area contributed by atoms with E-state index in [1.165, 1.54) is 28.0 Å². The minimum absolute atomic E-state index is 0.170. The van der Waals surface area contributed by atoms with Gasteiger partial charge in [0.15, 0.2) is 0 Å². The van der Waals surface area contributed by atoms with Crippen molar-refractivity contribution in [3.8, 4) is 0 Å². The first-order valence-electron chi connectivity index (χ1n) is 13.7. The summed E-state index contributed by atoms with van der Waals surface area (Å²) in [5, 5.41) is 12.5. The van der Waals surface area contributed by atoms with Crippen LogP contribution in [-0.4, -0.2) is 53.5 Å². The quantitative estimate of drug-likeness (QED) is 0.549. The van der Waals surface area contributed by atoms with Crippen molar-refractivity contribution in [2.45, 2.75) is 64.2 Å². The first-order chi connectivity index (χ1) is 18.0. The van der Waals surface area contributed by atoms with Gasteiger partial charge in [0, 0.05) is 57.1 Å². The molecule has 196 valence electrons. The van der Waals surface area contributed by atoms with Gasteiger partial charge in [-0.15, -0.1) is 0 Å². The number of carbonyl (C=O) groups is 2. The van der Waals surface area contributed by atoms with Crippen LogP contribution in [0.5, 0.6) is 0 Å². The molecule has 7 heteroatoms. The van der Waals surface area contributed by atoms with Gasteiger partial charge < -0.3 is 20.2 Å². The Bertz CT molecular complexity index is 1180. The monoisotopic (exact) mass is 502 g/mol. The van der Waals surface area contributed by atoms with Gasteiger partial charge in [0.05, 0.1) is 0 Å². The number of carboxylic acid groups (broad SMARTS) is 1. The van der Waals surface area contributed by atoms with Gasteiger partial charge in [-0.25, -0.2) is 4.98 Å². The third-order valence-electron chi connectivity index (χ3n) is 8.09. The van der Waals surface area contributed by atoms with Crippen molar-refractivity contribution in [1.82, 2.24) is 9.88 Å². The molecule has 0 aliphatic carbocycles. The predicted molar refractivity (Wildman–Crippen MR) is 146 cm³/mol. The lowest BCUT2D eigenvalue weighted by atomic mass is 9.85. The van der Waals surface area contributed by atoms with Gasteiger partial charge in [0.25, 0.3) is 0 Å². The number of hydrogen-bond donors (Lipinski definition) is 2. The average molecular weight is 503 g/mol. The Morgan fingerprint density at radius 2 is 1.95 bits per heavy atom. The van der Waals surface area contributed by atoms with Crippen LogP contribution < -0.4 is 10.2 Å². The van der Waals surface area contributed by atoms with E-state index in [-0.39, 0.29) is 12.3 Å². The summed E-state index contributed by atoms with van der Waals surface area (Å²) in [7, 11) is 2.04. The highest BCUT2D eigenvalue weighted by Crippen LogP contribution is 2.34. The number of benzene rings is 1. The van der Waals surface area contributed by atoms with Gasteiger partial charge in [0.1, 0.15) is 5.82 Å². The van der Waals surface area contributed by atoms with Gasteiger partial charge in [0.2, 0.25) is 5.91 Å². The maximum Gasteiger partial charge on any atom is 0.303 e. The molecule has 0 saturated carbocycles. The van der Waals surface area contributed by atoms with Gasteiger partial charge in [-0.2, -0.15) is 0 Å². The van der Waals surface area contributed by atoms with Crippen molar-refractivity contribution in [2.75, 3.05) is 36.9 Å². The number of aryl methyl sites for hydroxylation is 2. The van der Waals surface area contributed by atoms with Crippen LogP contribution in [0.2, 0.25) is 0 Å². The Morgan fingerprint density at radius 1 is 1.11 bits per heavy atom. The van der Waals surface area contributed by atoms with Crippen LogP contribution in [0, 0.1) is 5.92 Å². The standard InChI is InChI=1S/C30H38N4O3/c1-33-20-22(7-12-29(36)37)19-26-24(4-2-6-27(26)33)18-21-13-16-34(17-14-21)28(35)11-10-25-9-8-23-5-3-15-31-30(23)32-25/h2,4,6,8-9,20-21H,3,5,7,10-19H2,1H3,(H,31,32)(H,36,37). The molecule has 1 saturated heterocycles. The second-order valence-corrected chi connectivity index (χ2v) is 10.8. The largest absolute Gasteiger partial charge is 0.481 e. The molecule has 3 aliphatic heterocycles. The van der Waals surface area contributed by atoms with E-state index in [2.05, 4.69) is 46.7 Å². The molecule has 5 rings (SSSR count). The first kappa shape index (κ1) is 25.3. The van der Waals surface area contributed by atoms with Crippen LogP contribution in [0.1, 0.15) is 60.9 Å². The molecular weight excluding hydrogens is 464 g/mol. The van der Waals surface area contributed by atoms with Gasteiger partial charge in [-0.05, 0) is 91.7 Å². The fourth-order valence-corrected chi connectivity index (χ4v) is 5.98. The number of piperidine rings is 1. The molecule has 0 bridgehead atoms. The summed E-state index contributed by atoms with van der Waals surface area (Å²) in [6.07, 6.45) is 10.2. The summed E-state index contributed by atoms with van der Waals surface area (Å²) < 4.78 is 0. The molecule has 1 aromatic heterocycles. The first-order valence-corrected chi connectivity index (χ1v) is 13.7. The van der Waals surface area contributed by atoms with E-state index >= 15 is 0 Å². The number of likely N-dealkylation sites (tertiary alicyclic amines) is 1. The Hall–Kier alpha value is -3.35. The summed E-state index contributed by atoms with van der Waals surface area (Å²) in [6.45, 7) is 2.62. The summed E-state index contributed by atoms with van der Waals surface area (Å²) in [6, 6.07) is 10.7. The van der Waals surface area contributed by atoms with Crippen LogP contribution in [-0.2, 0) is 35.3 Å². The zero-order valence-corrected chi connectivity index (χ0v) is 21.8. The number of aliphatic carboxylic acids is 1. The minimum Gasteiger partial charge on any atom is -0.481 e. The molecule has 1 fully saturated rings. The predicted octanol–water partition coefficient (Wildman–Crippen LogP) is 4.59. The molecule has 1 amide bonds. The number of carboxylic acids is 1. The summed E-state index contributed by atoms with van der Waals surface area (Å²) >= 11 is 0. The van der Waals surface area contributed by atoms with Crippen molar-refractivity contribution >= 4 is 23.4 Å². The fourth-order valence-electron chi connectivity index (χ4n) is 5.98. The number of allylic oxidation sites excluding steroid dienone is 1. The van der Waals surface area contributed by atoms with Crippen molar-refractivity contribution in [3.05, 3.63) is 64.5 Å². The molecule has 37 heavy (non-hydrogen) atoms. The molecule has 1 aromatic carbocycles. The van der Waals surface area contributed by atoms with Crippen molar-refractivity contribution in [3.63, 3.8) is 0 Å². The lowest BCUT2D eigenvalue weighted by Gasteiger charge is -2.33. The van der Waals surface area contributed by atoms with Crippen LogP contribution >= 0.6 is 0 Å². The van der Waals surface area contributed by atoms with Crippen molar-refractivity contribution < 1.29 is 14.7 Å². The van der Waals surface area contributed by atoms with Gasteiger partial charge >= 0.3 is 5.97 Å². The number of hydrogen-bond acceptors (Lipinski definition) is 5. The lowest BCUT2D eigenvalue weighted by Crippen LogP contribution is -2.39.